The smallest absolute Gasteiger partial charge is 0.133 e. The minimum absolute atomic E-state index is 0.850. The molecule has 0 saturated carbocycles. The Morgan fingerprint density at radius 1 is 1.29 bits per heavy atom. The van der Waals surface area contributed by atoms with E-state index in [1.165, 1.54) is 5.56 Å². The van der Waals surface area contributed by atoms with Crippen molar-refractivity contribution in [3.05, 3.63) is 22.3 Å². The molecule has 1 aromatic heterocycles. The highest BCUT2D eigenvalue weighted by molar-refractivity contribution is 9.10. The van der Waals surface area contributed by atoms with Gasteiger partial charge in [-0.25, -0.2) is 4.98 Å². The van der Waals surface area contributed by atoms with Gasteiger partial charge in [-0.05, 0) is 43.1 Å². The monoisotopic (exact) mass is 355 g/mol. The number of piperazine rings is 1. The van der Waals surface area contributed by atoms with Gasteiger partial charge in [0.1, 0.15) is 5.82 Å². The third-order valence-corrected chi connectivity index (χ3v) is 4.25. The Morgan fingerprint density at radius 2 is 2.00 bits per heavy atom. The molecular weight excluding hydrogens is 330 g/mol. The zero-order valence-electron chi connectivity index (χ0n) is 13.3. The Kier molecular flexibility index (Phi) is 6.41. The second-order valence-electron chi connectivity index (χ2n) is 5.80. The molecular formula is C15H26BrN5. The normalized spacial score (nSPS) is 16.7. The van der Waals surface area contributed by atoms with Gasteiger partial charge < -0.3 is 15.1 Å². The largest absolute Gasteiger partial charge is 0.354 e. The van der Waals surface area contributed by atoms with Gasteiger partial charge >= 0.3 is 0 Å². The fraction of sp³-hybridized carbons (Fsp3) is 0.667. The number of rotatable bonds is 6. The summed E-state index contributed by atoms with van der Waals surface area (Å²) >= 11 is 3.51. The highest BCUT2D eigenvalue weighted by atomic mass is 79.9. The maximum atomic E-state index is 4.63. The van der Waals surface area contributed by atoms with E-state index in [0.29, 0.717) is 0 Å². The average molecular weight is 356 g/mol. The van der Waals surface area contributed by atoms with Gasteiger partial charge in [0.15, 0.2) is 0 Å². The zero-order valence-corrected chi connectivity index (χ0v) is 14.9. The molecule has 0 spiro atoms. The molecule has 0 atom stereocenters. The molecule has 2 heterocycles. The quantitative estimate of drug-likeness (QED) is 0.830. The van der Waals surface area contributed by atoms with Crippen LogP contribution in [0.15, 0.2) is 16.7 Å². The van der Waals surface area contributed by atoms with Crippen molar-refractivity contribution in [2.75, 3.05) is 65.3 Å². The number of anilines is 1. The summed E-state index contributed by atoms with van der Waals surface area (Å²) in [5.41, 5.74) is 1.26. The van der Waals surface area contributed by atoms with Crippen LogP contribution in [0.1, 0.15) is 5.56 Å². The Labute approximate surface area is 136 Å². The summed E-state index contributed by atoms with van der Waals surface area (Å²) in [5.74, 6) is 1.12. The fourth-order valence-electron chi connectivity index (χ4n) is 2.60. The summed E-state index contributed by atoms with van der Waals surface area (Å²) < 4.78 is 1.04. The number of halogens is 1. The molecule has 0 radical (unpaired) electrons. The summed E-state index contributed by atoms with van der Waals surface area (Å²) in [4.78, 5) is 11.8. The predicted octanol–water partition coefficient (Wildman–Crippen LogP) is 1.25. The number of nitrogens with zero attached hydrogens (tertiary/aromatic N) is 4. The predicted molar refractivity (Wildman–Crippen MR) is 91.9 cm³/mol. The molecule has 0 bridgehead atoms. The van der Waals surface area contributed by atoms with Gasteiger partial charge in [-0.1, -0.05) is 0 Å². The molecule has 0 amide bonds. The standard InChI is InChI=1S/C15H26BrN5/c1-17-11-13-10-14(16)12-18-15(13)21-8-6-20(7-9-21)5-4-19(2)3/h10,12,17H,4-9,11H2,1-3H3. The van der Waals surface area contributed by atoms with Crippen LogP contribution in [0.25, 0.3) is 0 Å². The zero-order chi connectivity index (χ0) is 15.2. The van der Waals surface area contributed by atoms with Crippen LogP contribution in [-0.4, -0.2) is 75.2 Å². The van der Waals surface area contributed by atoms with E-state index in [1.54, 1.807) is 0 Å². The minimum Gasteiger partial charge on any atom is -0.354 e. The molecule has 0 aromatic carbocycles. The molecule has 1 aliphatic rings. The van der Waals surface area contributed by atoms with E-state index in [1.807, 2.05) is 13.2 Å². The first-order chi connectivity index (χ1) is 10.1. The second-order valence-corrected chi connectivity index (χ2v) is 6.71. The van der Waals surface area contributed by atoms with Gasteiger partial charge in [0.2, 0.25) is 0 Å². The summed E-state index contributed by atoms with van der Waals surface area (Å²) in [6.07, 6.45) is 1.90. The lowest BCUT2D eigenvalue weighted by atomic mass is 10.2. The van der Waals surface area contributed by atoms with Crippen LogP contribution in [0.2, 0.25) is 0 Å². The van der Waals surface area contributed by atoms with Crippen LogP contribution in [0, 0.1) is 0 Å². The average Bonchev–Trinajstić information content (AvgIpc) is 2.46. The molecule has 1 N–H and O–H groups in total. The van der Waals surface area contributed by atoms with Crippen LogP contribution in [0.5, 0.6) is 0 Å². The number of hydrogen-bond donors (Lipinski definition) is 1. The lowest BCUT2D eigenvalue weighted by Gasteiger charge is -2.36. The topological polar surface area (TPSA) is 34.6 Å². The molecule has 1 fully saturated rings. The van der Waals surface area contributed by atoms with Crippen LogP contribution in [0.3, 0.4) is 0 Å². The van der Waals surface area contributed by atoms with Crippen molar-refractivity contribution in [1.82, 2.24) is 20.1 Å². The summed E-state index contributed by atoms with van der Waals surface area (Å²) in [6.45, 7) is 7.47. The highest BCUT2D eigenvalue weighted by Crippen LogP contribution is 2.22. The van der Waals surface area contributed by atoms with Crippen molar-refractivity contribution in [2.45, 2.75) is 6.54 Å². The minimum atomic E-state index is 0.850. The Balaban J connectivity index is 1.95. The highest BCUT2D eigenvalue weighted by Gasteiger charge is 2.20. The van der Waals surface area contributed by atoms with E-state index < -0.39 is 0 Å². The van der Waals surface area contributed by atoms with Gasteiger partial charge in [-0.2, -0.15) is 0 Å². The van der Waals surface area contributed by atoms with Crippen molar-refractivity contribution < 1.29 is 0 Å². The van der Waals surface area contributed by atoms with Gasteiger partial charge in [0.05, 0.1) is 0 Å². The molecule has 1 aromatic rings. The Bertz CT molecular complexity index is 444. The number of nitrogens with one attached hydrogen (secondary N) is 1. The van der Waals surface area contributed by atoms with Gasteiger partial charge in [0, 0.05) is 62.0 Å². The molecule has 0 aliphatic carbocycles. The molecule has 1 aliphatic heterocycles. The maximum Gasteiger partial charge on any atom is 0.133 e. The Hall–Kier alpha value is -0.690. The number of hydrogen-bond acceptors (Lipinski definition) is 5. The molecule has 21 heavy (non-hydrogen) atoms. The van der Waals surface area contributed by atoms with Crippen molar-refractivity contribution >= 4 is 21.7 Å². The summed E-state index contributed by atoms with van der Waals surface area (Å²) in [6, 6.07) is 2.16. The summed E-state index contributed by atoms with van der Waals surface area (Å²) in [7, 11) is 6.24. The first-order valence-corrected chi connectivity index (χ1v) is 8.30. The van der Waals surface area contributed by atoms with Crippen molar-refractivity contribution in [3.63, 3.8) is 0 Å². The van der Waals surface area contributed by atoms with Crippen LogP contribution < -0.4 is 10.2 Å². The van der Waals surface area contributed by atoms with E-state index in [-0.39, 0.29) is 0 Å². The lowest BCUT2D eigenvalue weighted by Crippen LogP contribution is -2.48. The third-order valence-electron chi connectivity index (χ3n) is 3.81. The fourth-order valence-corrected chi connectivity index (χ4v) is 2.98. The van der Waals surface area contributed by atoms with E-state index in [9.17, 15) is 0 Å². The number of aromatic nitrogens is 1. The molecule has 0 unspecified atom stereocenters. The van der Waals surface area contributed by atoms with E-state index in [0.717, 1.165) is 56.1 Å². The number of pyridine rings is 1. The van der Waals surface area contributed by atoms with Crippen LogP contribution >= 0.6 is 15.9 Å². The van der Waals surface area contributed by atoms with E-state index in [2.05, 4.69) is 61.1 Å². The lowest BCUT2D eigenvalue weighted by molar-refractivity contribution is 0.229. The maximum absolute atomic E-state index is 4.63. The molecule has 1 saturated heterocycles. The third kappa shape index (κ3) is 4.92. The van der Waals surface area contributed by atoms with Crippen molar-refractivity contribution in [1.29, 1.82) is 0 Å². The van der Waals surface area contributed by atoms with Crippen molar-refractivity contribution in [2.24, 2.45) is 0 Å². The second kappa shape index (κ2) is 8.08. The first-order valence-electron chi connectivity index (χ1n) is 7.51. The van der Waals surface area contributed by atoms with Crippen LogP contribution in [-0.2, 0) is 6.54 Å². The van der Waals surface area contributed by atoms with Gasteiger partial charge in [-0.3, -0.25) is 4.90 Å². The number of likely N-dealkylation sites (N-methyl/N-ethyl adjacent to an activating group) is 1. The molecule has 118 valence electrons. The van der Waals surface area contributed by atoms with Crippen molar-refractivity contribution in [3.8, 4) is 0 Å². The van der Waals surface area contributed by atoms with Gasteiger partial charge in [-0.15, -0.1) is 0 Å². The Morgan fingerprint density at radius 3 is 2.62 bits per heavy atom. The SMILES string of the molecule is CNCc1cc(Br)cnc1N1CCN(CCN(C)C)CC1. The van der Waals surface area contributed by atoms with Gasteiger partial charge in [0.25, 0.3) is 0 Å². The van der Waals surface area contributed by atoms with Crippen LogP contribution in [0.4, 0.5) is 5.82 Å². The van der Waals surface area contributed by atoms with E-state index >= 15 is 0 Å². The molecule has 6 heteroatoms. The van der Waals surface area contributed by atoms with E-state index in [4.69, 9.17) is 0 Å². The summed E-state index contributed by atoms with van der Waals surface area (Å²) in [5, 5.41) is 3.23. The molecule has 2 rings (SSSR count). The first kappa shape index (κ1) is 16.7. The molecule has 5 nitrogen and oxygen atoms in total.